The fourth-order valence-electron chi connectivity index (χ4n) is 4.13. The minimum atomic E-state index is 0.0413. The Balaban J connectivity index is 1.32. The minimum absolute atomic E-state index is 0.0413. The Morgan fingerprint density at radius 1 is 0.909 bits per heavy atom. The van der Waals surface area contributed by atoms with Crippen molar-refractivity contribution < 1.29 is 14.3 Å². The Labute approximate surface area is 195 Å². The second kappa shape index (κ2) is 11.0. The number of carbonyl (C=O) groups is 1. The van der Waals surface area contributed by atoms with E-state index >= 15 is 0 Å². The number of hydrogen-bond acceptors (Lipinski definition) is 5. The monoisotopic (exact) mass is 448 g/mol. The lowest BCUT2D eigenvalue weighted by atomic mass is 10.1. The summed E-state index contributed by atoms with van der Waals surface area (Å²) in [5.74, 6) is 2.33. The van der Waals surface area contributed by atoms with Gasteiger partial charge in [0.05, 0.1) is 13.2 Å². The van der Waals surface area contributed by atoms with Gasteiger partial charge in [0.2, 0.25) is 0 Å². The van der Waals surface area contributed by atoms with Gasteiger partial charge >= 0.3 is 0 Å². The molecule has 4 rings (SSSR count). The largest absolute Gasteiger partial charge is 0.490 e. The first kappa shape index (κ1) is 22.9. The molecule has 0 atom stereocenters. The van der Waals surface area contributed by atoms with Gasteiger partial charge in [-0.25, -0.2) is 4.98 Å². The fraction of sp³-hybridized carbons (Fsp3) is 0.385. The smallest absolute Gasteiger partial charge is 0.254 e. The third-order valence-electron chi connectivity index (χ3n) is 5.85. The molecule has 0 spiro atoms. The summed E-state index contributed by atoms with van der Waals surface area (Å²) in [6.07, 6.45) is 3.89. The van der Waals surface area contributed by atoms with Crippen molar-refractivity contribution in [1.82, 2.24) is 19.4 Å². The van der Waals surface area contributed by atoms with E-state index in [4.69, 9.17) is 9.47 Å². The number of rotatable bonds is 9. The van der Waals surface area contributed by atoms with E-state index in [0.717, 1.165) is 37.6 Å². The lowest BCUT2D eigenvalue weighted by Crippen LogP contribution is -2.49. The number of piperazine rings is 1. The van der Waals surface area contributed by atoms with Crippen LogP contribution in [0, 0.1) is 0 Å². The molecule has 7 nitrogen and oxygen atoms in total. The number of nitrogens with zero attached hydrogens (tertiary/aromatic N) is 4. The SMILES string of the molecule is CCOc1ccc(C(=O)N2CCN(CCn3ccnc3-c3ccccc3)CC2)cc1OCC. The third-order valence-corrected chi connectivity index (χ3v) is 5.85. The maximum Gasteiger partial charge on any atom is 0.254 e. The molecule has 0 N–H and O–H groups in total. The number of imidazole rings is 1. The molecule has 1 aliphatic heterocycles. The Morgan fingerprint density at radius 2 is 1.64 bits per heavy atom. The molecule has 1 fully saturated rings. The predicted octanol–water partition coefficient (Wildman–Crippen LogP) is 3.81. The Kier molecular flexibility index (Phi) is 7.62. The van der Waals surface area contributed by atoms with E-state index in [1.165, 1.54) is 0 Å². The normalized spacial score (nSPS) is 14.3. The van der Waals surface area contributed by atoms with Gasteiger partial charge in [-0.15, -0.1) is 0 Å². The summed E-state index contributed by atoms with van der Waals surface area (Å²) in [5.41, 5.74) is 1.76. The fourth-order valence-corrected chi connectivity index (χ4v) is 4.13. The molecule has 1 aliphatic rings. The quantitative estimate of drug-likeness (QED) is 0.498. The average molecular weight is 449 g/mol. The first-order chi connectivity index (χ1) is 16.2. The summed E-state index contributed by atoms with van der Waals surface area (Å²) in [7, 11) is 0. The van der Waals surface area contributed by atoms with Gasteiger partial charge in [-0.3, -0.25) is 9.69 Å². The third kappa shape index (κ3) is 5.54. The molecule has 0 radical (unpaired) electrons. The first-order valence-corrected chi connectivity index (χ1v) is 11.7. The van der Waals surface area contributed by atoms with Crippen LogP contribution in [0.1, 0.15) is 24.2 Å². The molecular weight excluding hydrogens is 416 g/mol. The summed E-state index contributed by atoms with van der Waals surface area (Å²) in [6.45, 7) is 9.88. The standard InChI is InChI=1S/C26H32N4O3/c1-3-32-23-11-10-22(20-24(23)33-4-2)26(31)30-18-15-28(16-19-30)14-17-29-13-12-27-25(29)21-8-6-5-7-9-21/h5-13,20H,3-4,14-19H2,1-2H3. The van der Waals surface area contributed by atoms with Crippen LogP contribution in [0.4, 0.5) is 0 Å². The summed E-state index contributed by atoms with van der Waals surface area (Å²) in [4.78, 5) is 21.9. The summed E-state index contributed by atoms with van der Waals surface area (Å²) < 4.78 is 13.5. The van der Waals surface area contributed by atoms with E-state index in [1.54, 1.807) is 6.07 Å². The highest BCUT2D eigenvalue weighted by Crippen LogP contribution is 2.29. The van der Waals surface area contributed by atoms with Crippen molar-refractivity contribution in [3.63, 3.8) is 0 Å². The van der Waals surface area contributed by atoms with Gasteiger partial charge in [-0.2, -0.15) is 0 Å². The lowest BCUT2D eigenvalue weighted by molar-refractivity contribution is 0.0633. The van der Waals surface area contributed by atoms with Crippen LogP contribution in [-0.4, -0.2) is 71.2 Å². The second-order valence-electron chi connectivity index (χ2n) is 7.97. The molecule has 2 heterocycles. The number of aromatic nitrogens is 2. The molecule has 0 aliphatic carbocycles. The molecule has 33 heavy (non-hydrogen) atoms. The van der Waals surface area contributed by atoms with E-state index in [1.807, 2.05) is 61.5 Å². The molecule has 3 aromatic rings. The number of ether oxygens (including phenoxy) is 2. The molecule has 0 bridgehead atoms. The highest BCUT2D eigenvalue weighted by Gasteiger charge is 2.23. The number of carbonyl (C=O) groups excluding carboxylic acids is 1. The molecule has 2 aromatic carbocycles. The van der Waals surface area contributed by atoms with Crippen LogP contribution in [0.3, 0.4) is 0 Å². The van der Waals surface area contributed by atoms with Gasteiger partial charge in [0, 0.05) is 62.8 Å². The molecule has 174 valence electrons. The number of amides is 1. The maximum atomic E-state index is 13.1. The van der Waals surface area contributed by atoms with E-state index in [-0.39, 0.29) is 5.91 Å². The van der Waals surface area contributed by atoms with Crippen molar-refractivity contribution in [3.05, 3.63) is 66.5 Å². The topological polar surface area (TPSA) is 59.8 Å². The van der Waals surface area contributed by atoms with Crippen LogP contribution in [0.5, 0.6) is 11.5 Å². The Hall–Kier alpha value is -3.32. The van der Waals surface area contributed by atoms with Crippen molar-refractivity contribution in [3.8, 4) is 22.9 Å². The summed E-state index contributed by atoms with van der Waals surface area (Å²) in [6, 6.07) is 15.7. The van der Waals surface area contributed by atoms with Crippen molar-refractivity contribution in [2.75, 3.05) is 45.9 Å². The van der Waals surface area contributed by atoms with Crippen molar-refractivity contribution in [2.24, 2.45) is 0 Å². The predicted molar refractivity (Wildman–Crippen MR) is 129 cm³/mol. The van der Waals surface area contributed by atoms with E-state index in [0.29, 0.717) is 43.4 Å². The van der Waals surface area contributed by atoms with Gasteiger partial charge in [-0.1, -0.05) is 30.3 Å². The first-order valence-electron chi connectivity index (χ1n) is 11.7. The highest BCUT2D eigenvalue weighted by atomic mass is 16.5. The van der Waals surface area contributed by atoms with Gasteiger partial charge in [-0.05, 0) is 32.0 Å². The van der Waals surface area contributed by atoms with Crippen molar-refractivity contribution in [1.29, 1.82) is 0 Å². The van der Waals surface area contributed by atoms with Gasteiger partial charge in [0.25, 0.3) is 5.91 Å². The molecule has 1 aromatic heterocycles. The van der Waals surface area contributed by atoms with Crippen LogP contribution in [0.15, 0.2) is 60.9 Å². The Morgan fingerprint density at radius 3 is 2.36 bits per heavy atom. The van der Waals surface area contributed by atoms with Gasteiger partial charge in [0.15, 0.2) is 11.5 Å². The van der Waals surface area contributed by atoms with E-state index in [2.05, 4.69) is 26.6 Å². The zero-order valence-corrected chi connectivity index (χ0v) is 19.4. The number of benzene rings is 2. The number of hydrogen-bond donors (Lipinski definition) is 0. The van der Waals surface area contributed by atoms with Crippen LogP contribution in [0.2, 0.25) is 0 Å². The average Bonchev–Trinajstić information content (AvgIpc) is 3.33. The van der Waals surface area contributed by atoms with Crippen molar-refractivity contribution in [2.45, 2.75) is 20.4 Å². The molecule has 1 saturated heterocycles. The molecule has 0 saturated carbocycles. The van der Waals surface area contributed by atoms with E-state index < -0.39 is 0 Å². The zero-order chi connectivity index (χ0) is 23.0. The van der Waals surface area contributed by atoms with Crippen LogP contribution < -0.4 is 9.47 Å². The molecule has 0 unspecified atom stereocenters. The molecule has 1 amide bonds. The minimum Gasteiger partial charge on any atom is -0.490 e. The maximum absolute atomic E-state index is 13.1. The lowest BCUT2D eigenvalue weighted by Gasteiger charge is -2.35. The molecular formula is C26H32N4O3. The summed E-state index contributed by atoms with van der Waals surface area (Å²) in [5, 5.41) is 0. The van der Waals surface area contributed by atoms with Gasteiger partial charge < -0.3 is 18.9 Å². The second-order valence-corrected chi connectivity index (χ2v) is 7.97. The Bertz CT molecular complexity index is 1040. The highest BCUT2D eigenvalue weighted by molar-refractivity contribution is 5.95. The molecule has 7 heteroatoms. The zero-order valence-electron chi connectivity index (χ0n) is 19.4. The summed E-state index contributed by atoms with van der Waals surface area (Å²) >= 11 is 0. The van der Waals surface area contributed by atoms with Crippen LogP contribution >= 0.6 is 0 Å². The van der Waals surface area contributed by atoms with Crippen LogP contribution in [-0.2, 0) is 6.54 Å². The van der Waals surface area contributed by atoms with Gasteiger partial charge in [0.1, 0.15) is 5.82 Å². The van der Waals surface area contributed by atoms with E-state index in [9.17, 15) is 4.79 Å². The van der Waals surface area contributed by atoms with Crippen LogP contribution in [0.25, 0.3) is 11.4 Å². The van der Waals surface area contributed by atoms with Crippen molar-refractivity contribution >= 4 is 5.91 Å².